The number of aliphatic hydroxyl groups is 1. The second-order valence-corrected chi connectivity index (χ2v) is 5.84. The first kappa shape index (κ1) is 14.8. The number of benzene rings is 1. The molecule has 5 nitrogen and oxygen atoms in total. The summed E-state index contributed by atoms with van der Waals surface area (Å²) >= 11 is 0. The van der Waals surface area contributed by atoms with Gasteiger partial charge in [-0.2, -0.15) is 5.10 Å². The van der Waals surface area contributed by atoms with Crippen molar-refractivity contribution < 1.29 is 9.90 Å². The number of rotatable bonds is 4. The second-order valence-electron chi connectivity index (χ2n) is 5.84. The van der Waals surface area contributed by atoms with Gasteiger partial charge in [-0.3, -0.25) is 9.48 Å². The quantitative estimate of drug-likeness (QED) is 0.907. The van der Waals surface area contributed by atoms with Gasteiger partial charge in [0.1, 0.15) is 0 Å². The number of nitrogens with zero attached hydrogens (tertiary/aromatic N) is 2. The summed E-state index contributed by atoms with van der Waals surface area (Å²) in [6.07, 6.45) is 6.57. The third kappa shape index (κ3) is 3.54. The lowest BCUT2D eigenvalue weighted by atomic mass is 9.92. The smallest absolute Gasteiger partial charge is 0.254 e. The van der Waals surface area contributed by atoms with Gasteiger partial charge in [0.25, 0.3) is 5.91 Å². The van der Waals surface area contributed by atoms with Crippen LogP contribution in [0, 0.1) is 0 Å². The molecule has 1 aliphatic rings. The van der Waals surface area contributed by atoms with Crippen molar-refractivity contribution in [3.05, 3.63) is 53.9 Å². The van der Waals surface area contributed by atoms with Crippen molar-refractivity contribution in [3.63, 3.8) is 0 Å². The van der Waals surface area contributed by atoms with Crippen molar-refractivity contribution in [2.75, 3.05) is 0 Å². The molecule has 22 heavy (non-hydrogen) atoms. The fourth-order valence-electron chi connectivity index (χ4n) is 2.87. The fraction of sp³-hybridized carbons (Fsp3) is 0.412. The summed E-state index contributed by atoms with van der Waals surface area (Å²) in [6.45, 7) is 0.639. The van der Waals surface area contributed by atoms with Gasteiger partial charge in [0, 0.05) is 6.20 Å². The molecular weight excluding hydrogens is 278 g/mol. The van der Waals surface area contributed by atoms with E-state index in [4.69, 9.17) is 0 Å². The van der Waals surface area contributed by atoms with Crippen molar-refractivity contribution >= 4 is 5.91 Å². The van der Waals surface area contributed by atoms with Crippen molar-refractivity contribution in [1.29, 1.82) is 0 Å². The van der Waals surface area contributed by atoms with Crippen molar-refractivity contribution in [3.8, 4) is 0 Å². The third-order valence-electron chi connectivity index (χ3n) is 4.13. The zero-order valence-corrected chi connectivity index (χ0v) is 12.5. The van der Waals surface area contributed by atoms with E-state index >= 15 is 0 Å². The van der Waals surface area contributed by atoms with Gasteiger partial charge >= 0.3 is 0 Å². The minimum Gasteiger partial charge on any atom is -0.391 e. The first-order valence-corrected chi connectivity index (χ1v) is 7.78. The lowest BCUT2D eigenvalue weighted by Gasteiger charge is -2.28. The maximum absolute atomic E-state index is 12.2. The molecule has 3 rings (SSSR count). The monoisotopic (exact) mass is 299 g/mol. The van der Waals surface area contributed by atoms with Crippen LogP contribution in [0.25, 0.3) is 0 Å². The van der Waals surface area contributed by atoms with E-state index in [0.717, 1.165) is 31.2 Å². The molecule has 1 aromatic carbocycles. The Labute approximate surface area is 130 Å². The SMILES string of the molecule is O=C(NC1CCCCC1O)c1cnn(Cc2ccccc2)c1. The van der Waals surface area contributed by atoms with Crippen molar-refractivity contribution in [1.82, 2.24) is 15.1 Å². The van der Waals surface area contributed by atoms with Crippen LogP contribution in [-0.2, 0) is 6.54 Å². The molecule has 1 saturated carbocycles. The molecular formula is C17H21N3O2. The van der Waals surface area contributed by atoms with Gasteiger partial charge in [0.15, 0.2) is 0 Å². The molecule has 2 unspecified atom stereocenters. The number of hydrogen-bond donors (Lipinski definition) is 2. The van der Waals surface area contributed by atoms with E-state index < -0.39 is 6.10 Å². The summed E-state index contributed by atoms with van der Waals surface area (Å²) in [5.74, 6) is -0.162. The lowest BCUT2D eigenvalue weighted by Crippen LogP contribution is -2.45. The maximum atomic E-state index is 12.2. The lowest BCUT2D eigenvalue weighted by molar-refractivity contribution is 0.0717. The van der Waals surface area contributed by atoms with Gasteiger partial charge in [-0.05, 0) is 18.4 Å². The van der Waals surface area contributed by atoms with Crippen LogP contribution in [0.15, 0.2) is 42.7 Å². The van der Waals surface area contributed by atoms with Gasteiger partial charge < -0.3 is 10.4 Å². The summed E-state index contributed by atoms with van der Waals surface area (Å²) in [5.41, 5.74) is 1.67. The average molecular weight is 299 g/mol. The predicted octanol–water partition coefficient (Wildman–Crippen LogP) is 1.96. The fourth-order valence-corrected chi connectivity index (χ4v) is 2.87. The minimum atomic E-state index is -0.433. The number of nitrogens with one attached hydrogen (secondary N) is 1. The van der Waals surface area contributed by atoms with Crippen molar-refractivity contribution in [2.45, 2.75) is 44.4 Å². The highest BCUT2D eigenvalue weighted by atomic mass is 16.3. The molecule has 1 fully saturated rings. The number of carbonyl (C=O) groups excluding carboxylic acids is 1. The number of hydrogen-bond acceptors (Lipinski definition) is 3. The van der Waals surface area contributed by atoms with E-state index in [0.29, 0.717) is 12.1 Å². The number of carbonyl (C=O) groups is 1. The molecule has 1 aliphatic carbocycles. The Hall–Kier alpha value is -2.14. The van der Waals surface area contributed by atoms with E-state index in [-0.39, 0.29) is 11.9 Å². The van der Waals surface area contributed by atoms with E-state index in [2.05, 4.69) is 10.4 Å². The van der Waals surface area contributed by atoms with Gasteiger partial charge in [0.2, 0.25) is 0 Å². The van der Waals surface area contributed by atoms with E-state index in [9.17, 15) is 9.90 Å². The van der Waals surface area contributed by atoms with Crippen LogP contribution >= 0.6 is 0 Å². The summed E-state index contributed by atoms with van der Waals surface area (Å²) in [6, 6.07) is 9.85. The second kappa shape index (κ2) is 6.75. The predicted molar refractivity (Wildman–Crippen MR) is 83.5 cm³/mol. The van der Waals surface area contributed by atoms with Crippen LogP contribution in [0.3, 0.4) is 0 Å². The Morgan fingerprint density at radius 2 is 2.05 bits per heavy atom. The molecule has 5 heteroatoms. The standard InChI is InChI=1S/C17H21N3O2/c21-16-9-5-4-8-15(16)19-17(22)14-10-18-20(12-14)11-13-6-2-1-3-7-13/h1-3,6-7,10,12,15-16,21H,4-5,8-9,11H2,(H,19,22). The molecule has 0 bridgehead atoms. The molecule has 0 spiro atoms. The highest BCUT2D eigenvalue weighted by Gasteiger charge is 2.25. The Morgan fingerprint density at radius 3 is 2.82 bits per heavy atom. The zero-order valence-electron chi connectivity index (χ0n) is 12.5. The molecule has 0 aliphatic heterocycles. The molecule has 1 amide bonds. The van der Waals surface area contributed by atoms with Crippen LogP contribution in [0.1, 0.15) is 41.6 Å². The molecule has 2 aromatic rings. The van der Waals surface area contributed by atoms with E-state index in [1.807, 2.05) is 30.3 Å². The van der Waals surface area contributed by atoms with Crippen LogP contribution in [0.5, 0.6) is 0 Å². The van der Waals surface area contributed by atoms with Gasteiger partial charge in [0.05, 0.1) is 30.5 Å². The Morgan fingerprint density at radius 1 is 1.27 bits per heavy atom. The summed E-state index contributed by atoms with van der Waals surface area (Å²) in [7, 11) is 0. The maximum Gasteiger partial charge on any atom is 0.254 e. The Balaban J connectivity index is 1.61. The topological polar surface area (TPSA) is 67.2 Å². The van der Waals surface area contributed by atoms with Gasteiger partial charge in [-0.1, -0.05) is 43.2 Å². The summed E-state index contributed by atoms with van der Waals surface area (Å²) in [4.78, 5) is 12.2. The van der Waals surface area contributed by atoms with Gasteiger partial charge in [-0.25, -0.2) is 0 Å². The van der Waals surface area contributed by atoms with Gasteiger partial charge in [-0.15, -0.1) is 0 Å². The third-order valence-corrected chi connectivity index (χ3v) is 4.13. The van der Waals surface area contributed by atoms with Crippen molar-refractivity contribution in [2.24, 2.45) is 0 Å². The number of amides is 1. The molecule has 2 N–H and O–H groups in total. The zero-order chi connectivity index (χ0) is 15.4. The highest BCUT2D eigenvalue weighted by molar-refractivity contribution is 5.93. The van der Waals surface area contributed by atoms with E-state index in [1.165, 1.54) is 0 Å². The van der Waals surface area contributed by atoms with Crippen LogP contribution in [-0.4, -0.2) is 32.9 Å². The Kier molecular flexibility index (Phi) is 4.53. The van der Waals surface area contributed by atoms with E-state index in [1.54, 1.807) is 17.1 Å². The Bertz CT molecular complexity index is 624. The molecule has 0 saturated heterocycles. The first-order chi connectivity index (χ1) is 10.7. The number of aliphatic hydroxyl groups excluding tert-OH is 1. The number of aromatic nitrogens is 2. The summed E-state index contributed by atoms with van der Waals surface area (Å²) < 4.78 is 1.75. The summed E-state index contributed by atoms with van der Waals surface area (Å²) in [5, 5.41) is 17.1. The highest BCUT2D eigenvalue weighted by Crippen LogP contribution is 2.18. The van der Waals surface area contributed by atoms with Crippen LogP contribution in [0.4, 0.5) is 0 Å². The molecule has 1 heterocycles. The average Bonchev–Trinajstić information content (AvgIpc) is 2.99. The van der Waals surface area contributed by atoms with Crippen LogP contribution < -0.4 is 5.32 Å². The first-order valence-electron chi connectivity index (χ1n) is 7.78. The molecule has 116 valence electrons. The largest absolute Gasteiger partial charge is 0.391 e. The minimum absolute atomic E-state index is 0.140. The van der Waals surface area contributed by atoms with Crippen LogP contribution in [0.2, 0.25) is 0 Å². The molecule has 2 atom stereocenters. The molecule has 1 aromatic heterocycles. The molecule has 0 radical (unpaired) electrons. The normalized spacial score (nSPS) is 21.5.